The lowest BCUT2D eigenvalue weighted by molar-refractivity contribution is -0.149. The van der Waals surface area contributed by atoms with E-state index in [1.54, 1.807) is 25.7 Å². The second-order valence-corrected chi connectivity index (χ2v) is 26.0. The van der Waals surface area contributed by atoms with Crippen LogP contribution in [0.1, 0.15) is 170 Å². The molecule has 1 aromatic rings. The molecule has 2 fully saturated rings. The molecule has 2 aliphatic heterocycles. The number of β-amino-alcohol motifs (C(OH)–C–C–N with tert-alkyl or cyclic N) is 1. The van der Waals surface area contributed by atoms with Crippen LogP contribution in [0, 0.1) is 29.6 Å². The van der Waals surface area contributed by atoms with Crippen molar-refractivity contribution >= 4 is 70.9 Å². The minimum atomic E-state index is -1.78. The van der Waals surface area contributed by atoms with E-state index in [9.17, 15) is 63.0 Å². The quantitative estimate of drug-likeness (QED) is 0.0255. The van der Waals surface area contributed by atoms with Crippen molar-refractivity contribution < 1.29 is 63.0 Å². The maximum absolute atomic E-state index is 15.0. The molecule has 0 spiro atoms. The van der Waals surface area contributed by atoms with Crippen molar-refractivity contribution in [2.75, 3.05) is 53.9 Å². The van der Waals surface area contributed by atoms with Gasteiger partial charge in [0.2, 0.25) is 53.2 Å². The van der Waals surface area contributed by atoms with Gasteiger partial charge in [-0.15, -0.1) is 0 Å². The van der Waals surface area contributed by atoms with Gasteiger partial charge < -0.3 is 73.6 Å². The monoisotopic (exact) mass is 1280 g/mol. The van der Waals surface area contributed by atoms with E-state index in [1.807, 2.05) is 70.1 Å². The minimum Gasteiger partial charge on any atom is -0.481 e. The Bertz CT molecular complexity index is 2580. The molecule has 11 atom stereocenters. The van der Waals surface area contributed by atoms with Crippen LogP contribution in [0.4, 0.5) is 0 Å². The summed E-state index contributed by atoms with van der Waals surface area (Å²) in [7, 11) is 5.04. The SMILES string of the molecule is CCCCCCCC(=O)N1CCC[C@H](C(=O)N[C@@H](Cc2ccccc2)C(=O)N[C@H](CCCN(C)C)C(=O)N[C@@H](CC(C)C)C(=O)N2C[C@H](O)C[C@H]2C(=O)N(C)[C@@H](CC(C)C)C(=O)N[C@@H](CC(=O)O)C(=O)N[C@@H](CCCN=C(N)N)C(=O)C[C@H](C(N)=O)[C@@H](C)CC)C1. The second-order valence-electron chi connectivity index (χ2n) is 26.0. The molecule has 0 radical (unpaired) electrons. The number of likely N-dealkylation sites (tertiary alicyclic amines) is 2. The molecule has 2 aliphatic rings. The molecule has 0 unspecified atom stereocenters. The number of nitrogens with zero attached hydrogens (tertiary/aromatic N) is 5. The number of piperidine rings is 1. The zero-order valence-electron chi connectivity index (χ0n) is 55.7. The van der Waals surface area contributed by atoms with Crippen LogP contribution in [0.15, 0.2) is 35.3 Å². The number of primary amides is 1. The van der Waals surface area contributed by atoms with Crippen molar-refractivity contribution in [2.45, 2.75) is 219 Å². The number of benzene rings is 1. The van der Waals surface area contributed by atoms with E-state index < -0.39 is 126 Å². The summed E-state index contributed by atoms with van der Waals surface area (Å²) in [4.78, 5) is 164. The fourth-order valence-electron chi connectivity index (χ4n) is 11.7. The molecule has 0 aliphatic carbocycles. The number of ketones is 1. The molecule has 0 saturated carbocycles. The van der Waals surface area contributed by atoms with Gasteiger partial charge in [-0.3, -0.25) is 57.7 Å². The fraction of sp³-hybridized carbons (Fsp3) is 0.723. The number of aliphatic hydroxyl groups excluding tert-OH is 1. The molecule has 91 heavy (non-hydrogen) atoms. The van der Waals surface area contributed by atoms with Gasteiger partial charge in [0.25, 0.3) is 0 Å². The Balaban J connectivity index is 1.93. The van der Waals surface area contributed by atoms with E-state index in [2.05, 4.69) is 38.5 Å². The first-order chi connectivity index (χ1) is 43.0. The van der Waals surface area contributed by atoms with Crippen molar-refractivity contribution in [3.8, 4) is 0 Å². The molecule has 9 amide bonds. The van der Waals surface area contributed by atoms with Gasteiger partial charge in [-0.25, -0.2) is 0 Å². The predicted octanol–water partition coefficient (Wildman–Crippen LogP) is 2.11. The number of aliphatic imine (C=N–C) groups is 1. The van der Waals surface area contributed by atoms with E-state index in [0.717, 1.165) is 47.5 Å². The van der Waals surface area contributed by atoms with E-state index in [4.69, 9.17) is 17.2 Å². The molecule has 2 saturated heterocycles. The molecule has 2 heterocycles. The Labute approximate surface area is 538 Å². The number of rotatable bonds is 41. The Hall–Kier alpha value is -7.22. The Morgan fingerprint density at radius 1 is 0.692 bits per heavy atom. The maximum Gasteiger partial charge on any atom is 0.305 e. The number of nitrogens with one attached hydrogen (secondary N) is 5. The summed E-state index contributed by atoms with van der Waals surface area (Å²) >= 11 is 0. The fourth-order valence-corrected chi connectivity index (χ4v) is 11.7. The highest BCUT2D eigenvalue weighted by atomic mass is 16.4. The maximum atomic E-state index is 15.0. The number of Topliss-reactive ketones (excluding diaryl/α,β-unsaturated/α-hetero) is 1. The Morgan fingerprint density at radius 3 is 1.90 bits per heavy atom. The number of amides is 9. The third-order valence-electron chi connectivity index (χ3n) is 17.0. The number of hydrogen-bond acceptors (Lipinski definition) is 14. The molecular formula is C65H109N13O13. The van der Waals surface area contributed by atoms with Crippen molar-refractivity contribution in [3.63, 3.8) is 0 Å². The zero-order valence-corrected chi connectivity index (χ0v) is 55.7. The largest absolute Gasteiger partial charge is 0.481 e. The van der Waals surface area contributed by atoms with Gasteiger partial charge in [-0.05, 0) is 102 Å². The highest BCUT2D eigenvalue weighted by Gasteiger charge is 2.45. The van der Waals surface area contributed by atoms with Gasteiger partial charge in [-0.1, -0.05) is 111 Å². The molecule has 0 bridgehead atoms. The van der Waals surface area contributed by atoms with Crippen LogP contribution in [0.2, 0.25) is 0 Å². The van der Waals surface area contributed by atoms with Crippen LogP contribution < -0.4 is 43.8 Å². The summed E-state index contributed by atoms with van der Waals surface area (Å²) in [6.45, 7) is 14.0. The number of likely N-dealkylation sites (N-methyl/N-ethyl adjacent to an activating group) is 1. The molecule has 13 N–H and O–H groups in total. The second kappa shape index (κ2) is 39.9. The molecule has 3 rings (SSSR count). The number of carboxylic acids is 1. The number of guanidine groups is 1. The summed E-state index contributed by atoms with van der Waals surface area (Å²) in [5, 5.41) is 35.0. The summed E-state index contributed by atoms with van der Waals surface area (Å²) in [5.41, 5.74) is 17.4. The standard InChI is InChI=1S/C65H109N13O13/c1-11-13-14-15-19-28-55(81)77-31-21-25-44(38-77)58(85)72-49(34-43-23-17-16-18-24-43)60(87)71-48(27-22-30-75(8)9)59(86)74-51(32-40(3)4)63(90)78-39-45(79)35-53(78)64(91)76(10)52(33-41(5)6)62(89)73-50(37-56(82)83)61(88)70-47(26-20-29-69-65(67)68)54(80)36-46(57(66)84)42(7)12-2/h16-18,23-24,40-42,44-53,79H,11-15,19-22,25-39H2,1-10H3,(H2,66,84)(H,70,88)(H,71,87)(H,72,85)(H,73,89)(H,74,86)(H,82,83)(H4,67,68,69)/t42-,44-,45+,46-,47-,48+,49-,50-,51-,52-,53-/m0/s1. The molecule has 0 aromatic heterocycles. The molecule has 26 heteroatoms. The van der Waals surface area contributed by atoms with Crippen molar-refractivity contribution in [2.24, 2.45) is 51.8 Å². The number of carbonyl (C=O) groups excluding carboxylic acids is 10. The number of aliphatic carboxylic acids is 1. The van der Waals surface area contributed by atoms with Gasteiger partial charge in [-0.2, -0.15) is 0 Å². The van der Waals surface area contributed by atoms with Crippen LogP contribution in [0.3, 0.4) is 0 Å². The Morgan fingerprint density at radius 2 is 1.30 bits per heavy atom. The van der Waals surface area contributed by atoms with Crippen LogP contribution in [0.5, 0.6) is 0 Å². The summed E-state index contributed by atoms with van der Waals surface area (Å²) in [5.74, 6) is -10.4. The number of hydrogen-bond donors (Lipinski definition) is 10. The zero-order chi connectivity index (χ0) is 68.1. The average molecular weight is 1280 g/mol. The third-order valence-corrected chi connectivity index (χ3v) is 17.0. The highest BCUT2D eigenvalue weighted by Crippen LogP contribution is 2.26. The average Bonchev–Trinajstić information content (AvgIpc) is 1.75. The predicted molar refractivity (Wildman–Crippen MR) is 346 cm³/mol. The van der Waals surface area contributed by atoms with Crippen LogP contribution in [-0.4, -0.2) is 203 Å². The van der Waals surface area contributed by atoms with Gasteiger partial charge in [0.05, 0.1) is 24.5 Å². The van der Waals surface area contributed by atoms with Crippen molar-refractivity contribution in [1.29, 1.82) is 0 Å². The molecule has 512 valence electrons. The van der Waals surface area contributed by atoms with Gasteiger partial charge in [0, 0.05) is 64.8 Å². The summed E-state index contributed by atoms with van der Waals surface area (Å²) in [6.07, 6.45) is 5.14. The topological polar surface area (TPSA) is 392 Å². The number of unbranched alkanes of at least 4 members (excludes halogenated alkanes) is 4. The molecule has 26 nitrogen and oxygen atoms in total. The van der Waals surface area contributed by atoms with E-state index >= 15 is 0 Å². The number of aliphatic hydroxyl groups is 1. The van der Waals surface area contributed by atoms with Gasteiger partial charge in [0.15, 0.2) is 11.7 Å². The van der Waals surface area contributed by atoms with Crippen LogP contribution in [-0.2, 0) is 59.2 Å². The van der Waals surface area contributed by atoms with Gasteiger partial charge >= 0.3 is 5.97 Å². The lowest BCUT2D eigenvalue weighted by atomic mass is 9.85. The lowest BCUT2D eigenvalue weighted by Gasteiger charge is -2.35. The van der Waals surface area contributed by atoms with Crippen molar-refractivity contribution in [1.82, 2.24) is 46.2 Å². The van der Waals surface area contributed by atoms with E-state index in [0.29, 0.717) is 45.2 Å². The van der Waals surface area contributed by atoms with Gasteiger partial charge in [0.1, 0.15) is 36.3 Å². The van der Waals surface area contributed by atoms with E-state index in [-0.39, 0.29) is 101 Å². The molecule has 1 aromatic carbocycles. The van der Waals surface area contributed by atoms with Crippen LogP contribution >= 0.6 is 0 Å². The van der Waals surface area contributed by atoms with Crippen LogP contribution in [0.25, 0.3) is 0 Å². The number of carbonyl (C=O) groups is 11. The highest BCUT2D eigenvalue weighted by molar-refractivity contribution is 5.99. The summed E-state index contributed by atoms with van der Waals surface area (Å²) in [6, 6.07) is -0.351. The van der Waals surface area contributed by atoms with Crippen molar-refractivity contribution in [3.05, 3.63) is 35.9 Å². The smallest absolute Gasteiger partial charge is 0.305 e. The Kier molecular flexibility index (Phi) is 34.2. The number of carboxylic acid groups (broad SMARTS) is 1. The first kappa shape index (κ1) is 78.0. The summed E-state index contributed by atoms with van der Waals surface area (Å²) < 4.78 is 0. The number of nitrogens with two attached hydrogens (primary N) is 3. The first-order valence-electron chi connectivity index (χ1n) is 32.8. The lowest BCUT2D eigenvalue weighted by Crippen LogP contribution is -2.60. The van der Waals surface area contributed by atoms with E-state index in [1.165, 1.54) is 7.05 Å². The third kappa shape index (κ3) is 27.3. The normalized spacial score (nSPS) is 18.4. The minimum absolute atomic E-state index is 0.00134. The first-order valence-corrected chi connectivity index (χ1v) is 32.8. The molecular weight excluding hydrogens is 1170 g/mol.